The highest BCUT2D eigenvalue weighted by molar-refractivity contribution is 5.74. The molecule has 1 rings (SSSR count). The van der Waals surface area contributed by atoms with Crippen LogP contribution in [0.2, 0.25) is 0 Å². The van der Waals surface area contributed by atoms with Gasteiger partial charge in [0.2, 0.25) is 0 Å². The van der Waals surface area contributed by atoms with Gasteiger partial charge in [-0.1, -0.05) is 31.9 Å². The summed E-state index contributed by atoms with van der Waals surface area (Å²) in [5.41, 5.74) is 2.55. The molecule has 1 saturated carbocycles. The van der Waals surface area contributed by atoms with E-state index in [1.807, 2.05) is 13.8 Å². The number of aliphatic carboxylic acids is 1. The van der Waals surface area contributed by atoms with Gasteiger partial charge in [-0.2, -0.15) is 0 Å². The van der Waals surface area contributed by atoms with E-state index in [-0.39, 0.29) is 5.41 Å². The van der Waals surface area contributed by atoms with E-state index in [1.165, 1.54) is 11.1 Å². The van der Waals surface area contributed by atoms with Crippen LogP contribution in [0.25, 0.3) is 0 Å². The molecule has 1 aliphatic carbocycles. The Morgan fingerprint density at radius 3 is 2.29 bits per heavy atom. The zero-order valence-corrected chi connectivity index (χ0v) is 12.1. The van der Waals surface area contributed by atoms with Crippen LogP contribution >= 0.6 is 0 Å². The van der Waals surface area contributed by atoms with Gasteiger partial charge < -0.3 is 5.11 Å². The SMILES string of the molecule is CC[C@](C)(C[C@@H]1CC(=C(C)C)C1(C)C)C(=O)O. The van der Waals surface area contributed by atoms with Crippen molar-refractivity contribution in [2.75, 3.05) is 0 Å². The normalized spacial score (nSPS) is 26.0. The molecule has 0 aliphatic heterocycles. The second kappa shape index (κ2) is 4.47. The summed E-state index contributed by atoms with van der Waals surface area (Å²) in [5.74, 6) is -0.144. The number of rotatable bonds is 4. The molecule has 2 heteroatoms. The van der Waals surface area contributed by atoms with E-state index in [4.69, 9.17) is 0 Å². The first-order valence-corrected chi connectivity index (χ1v) is 6.55. The summed E-state index contributed by atoms with van der Waals surface area (Å²) in [5, 5.41) is 9.33. The fourth-order valence-corrected chi connectivity index (χ4v) is 2.98. The van der Waals surface area contributed by atoms with Gasteiger partial charge >= 0.3 is 5.97 Å². The van der Waals surface area contributed by atoms with Crippen molar-refractivity contribution >= 4 is 5.97 Å². The smallest absolute Gasteiger partial charge is 0.309 e. The molecule has 0 amide bonds. The van der Waals surface area contributed by atoms with Gasteiger partial charge in [0.05, 0.1) is 5.41 Å². The molecule has 17 heavy (non-hydrogen) atoms. The summed E-state index contributed by atoms with van der Waals surface area (Å²) in [4.78, 5) is 11.3. The van der Waals surface area contributed by atoms with Crippen LogP contribution in [0.15, 0.2) is 11.1 Å². The molecule has 0 bridgehead atoms. The number of carbonyl (C=O) groups is 1. The van der Waals surface area contributed by atoms with Crippen LogP contribution in [0.3, 0.4) is 0 Å². The third-order valence-electron chi connectivity index (χ3n) is 4.85. The number of allylic oxidation sites excluding steroid dienone is 2. The lowest BCUT2D eigenvalue weighted by Gasteiger charge is -2.51. The van der Waals surface area contributed by atoms with Crippen molar-refractivity contribution in [1.29, 1.82) is 0 Å². The first-order chi connectivity index (χ1) is 7.65. The van der Waals surface area contributed by atoms with Gasteiger partial charge in [-0.3, -0.25) is 4.79 Å². The molecule has 98 valence electrons. The Balaban J connectivity index is 2.81. The Labute approximate surface area is 105 Å². The second-order valence-electron chi connectivity index (χ2n) is 6.52. The molecule has 2 atom stereocenters. The molecule has 0 unspecified atom stereocenters. The quantitative estimate of drug-likeness (QED) is 0.743. The van der Waals surface area contributed by atoms with Crippen molar-refractivity contribution in [2.45, 2.75) is 60.8 Å². The molecule has 1 N–H and O–H groups in total. The standard InChI is InChI=1S/C15H26O2/c1-7-15(6,13(16)17)9-11-8-12(10(2)3)14(11,4)5/h11H,7-9H2,1-6H3,(H,16,17)/t11-,15+/m0/s1. The molecule has 2 nitrogen and oxygen atoms in total. The molecule has 0 aromatic carbocycles. The van der Waals surface area contributed by atoms with Crippen LogP contribution in [0.4, 0.5) is 0 Å². The summed E-state index contributed by atoms with van der Waals surface area (Å²) >= 11 is 0. The van der Waals surface area contributed by atoms with Gasteiger partial charge in [0.15, 0.2) is 0 Å². The molecule has 1 aliphatic rings. The highest BCUT2D eigenvalue weighted by Crippen LogP contribution is 2.56. The lowest BCUT2D eigenvalue weighted by atomic mass is 9.53. The minimum Gasteiger partial charge on any atom is -0.481 e. The Morgan fingerprint density at radius 1 is 1.47 bits per heavy atom. The van der Waals surface area contributed by atoms with Crippen LogP contribution in [-0.4, -0.2) is 11.1 Å². The highest BCUT2D eigenvalue weighted by Gasteiger charge is 2.48. The van der Waals surface area contributed by atoms with Gasteiger partial charge in [-0.15, -0.1) is 0 Å². The molecular formula is C15H26O2. The maximum atomic E-state index is 11.3. The third-order valence-corrected chi connectivity index (χ3v) is 4.85. The maximum absolute atomic E-state index is 11.3. The Hall–Kier alpha value is -0.790. The van der Waals surface area contributed by atoms with Crippen molar-refractivity contribution in [3.05, 3.63) is 11.1 Å². The predicted molar refractivity (Wildman–Crippen MR) is 70.9 cm³/mol. The minimum atomic E-state index is -0.651. The maximum Gasteiger partial charge on any atom is 0.309 e. The Morgan fingerprint density at radius 2 is 2.00 bits per heavy atom. The molecule has 0 radical (unpaired) electrons. The summed E-state index contributed by atoms with van der Waals surface area (Å²) in [7, 11) is 0. The summed E-state index contributed by atoms with van der Waals surface area (Å²) in [6.07, 6.45) is 2.58. The molecular weight excluding hydrogens is 212 g/mol. The molecule has 1 fully saturated rings. The monoisotopic (exact) mass is 238 g/mol. The average Bonchev–Trinajstić information content (AvgIpc) is 2.22. The first-order valence-electron chi connectivity index (χ1n) is 6.55. The first kappa shape index (κ1) is 14.3. The van der Waals surface area contributed by atoms with Gasteiger partial charge in [0.25, 0.3) is 0 Å². The number of hydrogen-bond acceptors (Lipinski definition) is 1. The third kappa shape index (κ3) is 2.41. The second-order valence-corrected chi connectivity index (χ2v) is 6.52. The fraction of sp³-hybridized carbons (Fsp3) is 0.800. The molecule has 0 aromatic rings. The van der Waals surface area contributed by atoms with E-state index in [0.717, 1.165) is 12.8 Å². The van der Waals surface area contributed by atoms with Crippen molar-refractivity contribution in [1.82, 2.24) is 0 Å². The fourth-order valence-electron chi connectivity index (χ4n) is 2.98. The summed E-state index contributed by atoms with van der Waals surface area (Å²) in [6, 6.07) is 0. The lowest BCUT2D eigenvalue weighted by molar-refractivity contribution is -0.150. The van der Waals surface area contributed by atoms with Crippen molar-refractivity contribution in [2.24, 2.45) is 16.7 Å². The minimum absolute atomic E-state index is 0.185. The molecule has 0 heterocycles. The van der Waals surface area contributed by atoms with Gasteiger partial charge in [0, 0.05) is 0 Å². The van der Waals surface area contributed by atoms with Crippen LogP contribution in [0, 0.1) is 16.7 Å². The van der Waals surface area contributed by atoms with E-state index < -0.39 is 11.4 Å². The number of hydrogen-bond donors (Lipinski definition) is 1. The number of carboxylic acids is 1. The predicted octanol–water partition coefficient (Wildman–Crippen LogP) is 4.26. The zero-order valence-electron chi connectivity index (χ0n) is 12.1. The van der Waals surface area contributed by atoms with Gasteiger partial charge in [0.1, 0.15) is 0 Å². The number of carboxylic acid groups (broad SMARTS) is 1. The van der Waals surface area contributed by atoms with Crippen LogP contribution < -0.4 is 0 Å². The lowest BCUT2D eigenvalue weighted by Crippen LogP contribution is -2.43. The Bertz CT molecular complexity index is 348. The molecule has 0 spiro atoms. The largest absolute Gasteiger partial charge is 0.481 e. The van der Waals surface area contributed by atoms with E-state index in [1.54, 1.807) is 0 Å². The Kier molecular flexibility index (Phi) is 3.75. The van der Waals surface area contributed by atoms with Crippen LogP contribution in [-0.2, 0) is 4.79 Å². The van der Waals surface area contributed by atoms with Crippen molar-refractivity contribution in [3.63, 3.8) is 0 Å². The van der Waals surface area contributed by atoms with Crippen LogP contribution in [0.5, 0.6) is 0 Å². The van der Waals surface area contributed by atoms with Crippen LogP contribution in [0.1, 0.15) is 60.8 Å². The van der Waals surface area contributed by atoms with Gasteiger partial charge in [-0.05, 0) is 51.4 Å². The van der Waals surface area contributed by atoms with Crippen molar-refractivity contribution < 1.29 is 9.90 Å². The summed E-state index contributed by atoms with van der Waals surface area (Å²) < 4.78 is 0. The van der Waals surface area contributed by atoms with E-state index >= 15 is 0 Å². The average molecular weight is 238 g/mol. The summed E-state index contributed by atoms with van der Waals surface area (Å²) in [6.45, 7) is 12.7. The van der Waals surface area contributed by atoms with Gasteiger partial charge in [-0.25, -0.2) is 0 Å². The zero-order chi connectivity index (χ0) is 13.4. The van der Waals surface area contributed by atoms with Crippen molar-refractivity contribution in [3.8, 4) is 0 Å². The van der Waals surface area contributed by atoms with E-state index in [0.29, 0.717) is 12.3 Å². The topological polar surface area (TPSA) is 37.3 Å². The molecule has 0 aromatic heterocycles. The van der Waals surface area contributed by atoms with E-state index in [9.17, 15) is 9.90 Å². The van der Waals surface area contributed by atoms with E-state index in [2.05, 4.69) is 27.7 Å². The highest BCUT2D eigenvalue weighted by atomic mass is 16.4. The molecule has 0 saturated heterocycles.